The molecule has 3 N–H and O–H groups in total. The Bertz CT molecular complexity index is 1030. The number of aromatic nitrogens is 3. The number of hydrogen-bond donors (Lipinski definition) is 3. The number of anilines is 1. The molecule has 4 atom stereocenters. The van der Waals surface area contributed by atoms with Gasteiger partial charge < -0.3 is 25.0 Å². The van der Waals surface area contributed by atoms with Gasteiger partial charge in [-0.05, 0) is 24.5 Å². The summed E-state index contributed by atoms with van der Waals surface area (Å²) >= 11 is 0. The molecular weight excluding hydrogens is 418 g/mol. The van der Waals surface area contributed by atoms with Gasteiger partial charge in [0.25, 0.3) is 0 Å². The monoisotopic (exact) mass is 445 g/mol. The molecule has 1 amide bonds. The van der Waals surface area contributed by atoms with E-state index in [0.29, 0.717) is 18.4 Å². The Morgan fingerprint density at radius 2 is 2.19 bits per heavy atom. The molecule has 0 radical (unpaired) electrons. The molecule has 2 aromatic heterocycles. The van der Waals surface area contributed by atoms with Crippen molar-refractivity contribution in [2.24, 2.45) is 5.92 Å². The summed E-state index contributed by atoms with van der Waals surface area (Å²) in [5, 5.41) is 37.7. The van der Waals surface area contributed by atoms with Crippen LogP contribution in [0.3, 0.4) is 0 Å². The van der Waals surface area contributed by atoms with Crippen molar-refractivity contribution in [3.63, 3.8) is 0 Å². The Kier molecular flexibility index (Phi) is 7.08. The molecular formula is C21H27N5O6. The third-order valence-electron chi connectivity index (χ3n) is 5.19. The van der Waals surface area contributed by atoms with Crippen LogP contribution in [0.25, 0.3) is 5.52 Å². The van der Waals surface area contributed by atoms with Crippen molar-refractivity contribution in [1.29, 1.82) is 5.26 Å². The van der Waals surface area contributed by atoms with Crippen LogP contribution in [0, 0.1) is 17.2 Å². The molecule has 3 heterocycles. The van der Waals surface area contributed by atoms with Gasteiger partial charge in [0.05, 0.1) is 12.3 Å². The molecule has 2 aromatic rings. The summed E-state index contributed by atoms with van der Waals surface area (Å²) in [6.45, 7) is 4.99. The van der Waals surface area contributed by atoms with Crippen LogP contribution in [0.4, 0.5) is 5.82 Å². The van der Waals surface area contributed by atoms with Crippen LogP contribution in [-0.4, -0.2) is 61.6 Å². The highest BCUT2D eigenvalue weighted by Gasteiger charge is 2.59. The number of nitrogens with zero attached hydrogens (tertiary/aromatic N) is 4. The van der Waals surface area contributed by atoms with Crippen LogP contribution < -0.4 is 5.32 Å². The molecule has 1 aliphatic rings. The summed E-state index contributed by atoms with van der Waals surface area (Å²) in [6, 6.07) is 5.06. The van der Waals surface area contributed by atoms with Crippen LogP contribution >= 0.6 is 0 Å². The summed E-state index contributed by atoms with van der Waals surface area (Å²) in [5.41, 5.74) is -1.43. The SMILES string of the molecule is CCCC(=O)Nc1ncnn2c([C@]3(C#N)O[C@H](CO)[C@@H](OC(=O)CC(C)C)[C@H]3O)ccc12. The van der Waals surface area contributed by atoms with Gasteiger partial charge in [-0.1, -0.05) is 20.8 Å². The molecule has 0 aromatic carbocycles. The lowest BCUT2D eigenvalue weighted by molar-refractivity contribution is -0.157. The Hall–Kier alpha value is -3.07. The number of carbonyl (C=O) groups excluding carboxylic acids is 2. The van der Waals surface area contributed by atoms with E-state index >= 15 is 0 Å². The van der Waals surface area contributed by atoms with Crippen molar-refractivity contribution in [2.75, 3.05) is 11.9 Å². The zero-order chi connectivity index (χ0) is 23.5. The van der Waals surface area contributed by atoms with Crippen molar-refractivity contribution in [2.45, 2.75) is 63.9 Å². The Labute approximate surface area is 185 Å². The van der Waals surface area contributed by atoms with E-state index in [0.717, 1.165) is 0 Å². The molecule has 1 fully saturated rings. The summed E-state index contributed by atoms with van der Waals surface area (Å²) in [6.07, 6.45) is -1.66. The number of rotatable bonds is 8. The molecule has 172 valence electrons. The first-order chi connectivity index (χ1) is 15.3. The normalized spacial score (nSPS) is 25.1. The fourth-order valence-corrected chi connectivity index (χ4v) is 3.72. The third-order valence-corrected chi connectivity index (χ3v) is 5.19. The van der Waals surface area contributed by atoms with Crippen LogP contribution in [0.1, 0.15) is 45.7 Å². The number of nitrogens with one attached hydrogen (secondary N) is 1. The van der Waals surface area contributed by atoms with Crippen molar-refractivity contribution in [1.82, 2.24) is 14.6 Å². The van der Waals surface area contributed by atoms with Crippen molar-refractivity contribution in [3.8, 4) is 6.07 Å². The van der Waals surface area contributed by atoms with Crippen molar-refractivity contribution in [3.05, 3.63) is 24.2 Å². The van der Waals surface area contributed by atoms with Crippen LogP contribution in [0.5, 0.6) is 0 Å². The highest BCUT2D eigenvalue weighted by molar-refractivity contribution is 5.93. The molecule has 0 aliphatic carbocycles. The lowest BCUT2D eigenvalue weighted by Gasteiger charge is -2.25. The first-order valence-corrected chi connectivity index (χ1v) is 10.5. The second-order valence-corrected chi connectivity index (χ2v) is 8.11. The molecule has 0 spiro atoms. The standard InChI is InChI=1S/C21H27N5O6/c1-4-5-16(28)25-20-13-6-7-15(26(13)24-11-23-20)21(10-22)19(30)18(14(9-27)32-21)31-17(29)8-12(2)3/h6-7,11-12,14,18-19,27,30H,4-5,8-9H2,1-3H3,(H,23,24,25,28)/t14-,18-,19-,21+/m1/s1. The quantitative estimate of drug-likeness (QED) is 0.502. The molecule has 3 rings (SSSR count). The van der Waals surface area contributed by atoms with E-state index in [1.165, 1.54) is 16.9 Å². The van der Waals surface area contributed by atoms with E-state index in [1.807, 2.05) is 26.8 Å². The van der Waals surface area contributed by atoms with E-state index in [9.17, 15) is 25.1 Å². The van der Waals surface area contributed by atoms with Crippen molar-refractivity contribution >= 4 is 23.2 Å². The van der Waals surface area contributed by atoms with Crippen molar-refractivity contribution < 1.29 is 29.3 Å². The predicted molar refractivity (Wildman–Crippen MR) is 111 cm³/mol. The molecule has 32 heavy (non-hydrogen) atoms. The number of aliphatic hydroxyl groups excluding tert-OH is 2. The minimum atomic E-state index is -1.97. The number of ether oxygens (including phenoxy) is 2. The highest BCUT2D eigenvalue weighted by Crippen LogP contribution is 2.41. The molecule has 0 saturated carbocycles. The molecule has 1 saturated heterocycles. The summed E-state index contributed by atoms with van der Waals surface area (Å²) in [5.74, 6) is -0.518. The van der Waals surface area contributed by atoms with Gasteiger partial charge in [-0.25, -0.2) is 9.50 Å². The van der Waals surface area contributed by atoms with Crippen LogP contribution in [-0.2, 0) is 24.7 Å². The fourth-order valence-electron chi connectivity index (χ4n) is 3.72. The second kappa shape index (κ2) is 9.60. The first kappa shape index (κ1) is 23.6. The predicted octanol–water partition coefficient (Wildman–Crippen LogP) is 0.897. The van der Waals surface area contributed by atoms with Gasteiger partial charge in [0.2, 0.25) is 11.5 Å². The average molecular weight is 445 g/mol. The van der Waals surface area contributed by atoms with E-state index < -0.39 is 36.5 Å². The minimum absolute atomic E-state index is 0.0304. The number of aliphatic hydroxyl groups is 2. The molecule has 0 unspecified atom stereocenters. The maximum atomic E-state index is 12.2. The second-order valence-electron chi connectivity index (χ2n) is 8.11. The Balaban J connectivity index is 1.99. The maximum Gasteiger partial charge on any atom is 0.306 e. The van der Waals surface area contributed by atoms with E-state index in [4.69, 9.17) is 9.47 Å². The number of amides is 1. The summed E-state index contributed by atoms with van der Waals surface area (Å²) in [4.78, 5) is 28.3. The van der Waals surface area contributed by atoms with Gasteiger partial charge in [-0.3, -0.25) is 9.59 Å². The van der Waals surface area contributed by atoms with Crippen LogP contribution in [0.2, 0.25) is 0 Å². The molecule has 1 aliphatic heterocycles. The number of nitriles is 1. The largest absolute Gasteiger partial charge is 0.457 e. The van der Waals surface area contributed by atoms with Gasteiger partial charge in [0.15, 0.2) is 11.9 Å². The van der Waals surface area contributed by atoms with Gasteiger partial charge in [0.1, 0.15) is 30.1 Å². The maximum absolute atomic E-state index is 12.2. The van der Waals surface area contributed by atoms with Gasteiger partial charge >= 0.3 is 5.97 Å². The van der Waals surface area contributed by atoms with E-state index in [-0.39, 0.29) is 29.8 Å². The van der Waals surface area contributed by atoms with E-state index in [2.05, 4.69) is 15.4 Å². The lowest BCUT2D eigenvalue weighted by Crippen LogP contribution is -2.43. The van der Waals surface area contributed by atoms with Crippen LogP contribution in [0.15, 0.2) is 18.5 Å². The summed E-state index contributed by atoms with van der Waals surface area (Å²) in [7, 11) is 0. The Morgan fingerprint density at radius 1 is 1.44 bits per heavy atom. The zero-order valence-corrected chi connectivity index (χ0v) is 18.2. The smallest absolute Gasteiger partial charge is 0.306 e. The molecule has 11 nitrogen and oxygen atoms in total. The average Bonchev–Trinajstić information content (AvgIpc) is 3.29. The number of esters is 1. The number of carbonyl (C=O) groups is 2. The summed E-state index contributed by atoms with van der Waals surface area (Å²) < 4.78 is 12.5. The van der Waals surface area contributed by atoms with Gasteiger partial charge in [-0.15, -0.1) is 0 Å². The molecule has 0 bridgehead atoms. The highest BCUT2D eigenvalue weighted by atomic mass is 16.6. The molecule has 11 heteroatoms. The fraction of sp³-hybridized carbons (Fsp3) is 0.571. The lowest BCUT2D eigenvalue weighted by atomic mass is 9.92. The number of hydrogen-bond acceptors (Lipinski definition) is 9. The topological polar surface area (TPSA) is 159 Å². The van der Waals surface area contributed by atoms with Gasteiger partial charge in [-0.2, -0.15) is 10.4 Å². The minimum Gasteiger partial charge on any atom is -0.457 e. The third kappa shape index (κ3) is 4.29. The zero-order valence-electron chi connectivity index (χ0n) is 18.2. The first-order valence-electron chi connectivity index (χ1n) is 10.5. The number of fused-ring (bicyclic) bond motifs is 1. The van der Waals surface area contributed by atoms with Gasteiger partial charge in [0, 0.05) is 12.8 Å². The Morgan fingerprint density at radius 3 is 2.81 bits per heavy atom. The van der Waals surface area contributed by atoms with E-state index in [1.54, 1.807) is 6.07 Å².